The average molecular weight is 497 g/mol. The Labute approximate surface area is 204 Å². The lowest BCUT2D eigenvalue weighted by molar-refractivity contribution is -0.384. The topological polar surface area (TPSA) is 99.3 Å². The third-order valence-corrected chi connectivity index (χ3v) is 5.38. The molecule has 0 saturated carbocycles. The predicted octanol–water partition coefficient (Wildman–Crippen LogP) is 5.98. The molecule has 4 rings (SSSR count). The zero-order valence-corrected chi connectivity index (χ0v) is 19.2. The zero-order chi connectivity index (χ0) is 24.1. The number of hydrogen-bond acceptors (Lipinski definition) is 5. The van der Waals surface area contributed by atoms with Gasteiger partial charge in [-0.05, 0) is 47.5 Å². The maximum Gasteiger partial charge on any atom is 0.269 e. The maximum atomic E-state index is 12.8. The van der Waals surface area contributed by atoms with E-state index in [1.807, 2.05) is 18.2 Å². The molecule has 0 fully saturated rings. The first-order valence-corrected chi connectivity index (χ1v) is 10.9. The number of carbonyl (C=O) groups is 1. The van der Waals surface area contributed by atoms with Gasteiger partial charge in [0.2, 0.25) is 0 Å². The van der Waals surface area contributed by atoms with Gasteiger partial charge in [0.25, 0.3) is 11.6 Å². The molecule has 0 bridgehead atoms. The van der Waals surface area contributed by atoms with Crippen LogP contribution in [0, 0.1) is 10.1 Å². The summed E-state index contributed by atoms with van der Waals surface area (Å²) in [7, 11) is 0. The number of hydrogen-bond donors (Lipinski definition) is 1. The summed E-state index contributed by atoms with van der Waals surface area (Å²) in [6.07, 6.45) is 1.64. The number of nitro benzene ring substituents is 1. The van der Waals surface area contributed by atoms with Crippen LogP contribution >= 0.6 is 23.2 Å². The lowest BCUT2D eigenvalue weighted by Crippen LogP contribution is -2.13. The number of anilines is 1. The minimum Gasteiger partial charge on any atom is -0.489 e. The summed E-state index contributed by atoms with van der Waals surface area (Å²) >= 11 is 12.2. The molecule has 172 valence electrons. The normalized spacial score (nSPS) is 10.6. The average Bonchev–Trinajstić information content (AvgIpc) is 3.18. The molecule has 1 amide bonds. The number of nitrogens with one attached hydrogen (secondary N) is 1. The van der Waals surface area contributed by atoms with E-state index in [2.05, 4.69) is 10.4 Å². The van der Waals surface area contributed by atoms with Crippen LogP contribution in [0.5, 0.6) is 5.75 Å². The summed E-state index contributed by atoms with van der Waals surface area (Å²) in [6, 6.07) is 20.1. The monoisotopic (exact) mass is 496 g/mol. The van der Waals surface area contributed by atoms with Gasteiger partial charge in [-0.2, -0.15) is 5.10 Å². The quantitative estimate of drug-likeness (QED) is 0.239. The molecule has 4 aromatic rings. The zero-order valence-electron chi connectivity index (χ0n) is 17.7. The molecule has 0 saturated heterocycles. The fourth-order valence-corrected chi connectivity index (χ4v) is 3.48. The van der Waals surface area contributed by atoms with Crippen LogP contribution in [0.25, 0.3) is 0 Å². The second-order valence-corrected chi connectivity index (χ2v) is 8.19. The van der Waals surface area contributed by atoms with E-state index in [4.69, 9.17) is 27.9 Å². The molecule has 8 nitrogen and oxygen atoms in total. The smallest absolute Gasteiger partial charge is 0.269 e. The van der Waals surface area contributed by atoms with Gasteiger partial charge in [0.1, 0.15) is 17.4 Å². The summed E-state index contributed by atoms with van der Waals surface area (Å²) in [5.41, 5.74) is 2.14. The third-order valence-electron chi connectivity index (χ3n) is 4.85. The summed E-state index contributed by atoms with van der Waals surface area (Å²) in [5, 5.41) is 18.8. The van der Waals surface area contributed by atoms with Crippen LogP contribution < -0.4 is 10.1 Å². The number of rotatable bonds is 8. The summed E-state index contributed by atoms with van der Waals surface area (Å²) in [5.74, 6) is 0.377. The molecule has 34 heavy (non-hydrogen) atoms. The fraction of sp³-hybridized carbons (Fsp3) is 0.0833. The highest BCUT2D eigenvalue weighted by Crippen LogP contribution is 2.22. The van der Waals surface area contributed by atoms with Crippen molar-refractivity contribution in [3.63, 3.8) is 0 Å². The first-order chi connectivity index (χ1) is 16.4. The second-order valence-electron chi connectivity index (χ2n) is 7.34. The highest BCUT2D eigenvalue weighted by molar-refractivity contribution is 6.33. The van der Waals surface area contributed by atoms with Crippen LogP contribution in [0.2, 0.25) is 10.0 Å². The van der Waals surface area contributed by atoms with Crippen molar-refractivity contribution in [2.75, 3.05) is 5.32 Å². The van der Waals surface area contributed by atoms with Crippen LogP contribution in [0.3, 0.4) is 0 Å². The van der Waals surface area contributed by atoms with Crippen molar-refractivity contribution in [1.82, 2.24) is 9.78 Å². The highest BCUT2D eigenvalue weighted by atomic mass is 35.5. The molecule has 0 aliphatic rings. The van der Waals surface area contributed by atoms with Crippen molar-refractivity contribution in [2.45, 2.75) is 13.2 Å². The molecule has 1 aromatic heterocycles. The molecule has 0 aliphatic heterocycles. The molecular formula is C24H18Cl2N4O4. The molecule has 0 unspecified atom stereocenters. The number of carbonyl (C=O) groups excluding carboxylic acids is 1. The number of benzene rings is 3. The van der Waals surface area contributed by atoms with Gasteiger partial charge in [-0.1, -0.05) is 47.5 Å². The van der Waals surface area contributed by atoms with E-state index in [9.17, 15) is 14.9 Å². The molecule has 1 heterocycles. The standard InChI is InChI=1S/C24H18Cl2N4O4/c25-19-6-4-16(5-7-19)13-29-14-22(26)23(28-29)27-24(31)18-3-1-2-17(12-18)15-34-21-10-8-20(9-11-21)30(32)33/h1-12,14H,13,15H2,(H,27,28,31). The summed E-state index contributed by atoms with van der Waals surface area (Å²) in [6.45, 7) is 0.664. The van der Waals surface area contributed by atoms with E-state index < -0.39 is 4.92 Å². The van der Waals surface area contributed by atoms with Gasteiger partial charge < -0.3 is 10.1 Å². The van der Waals surface area contributed by atoms with Crippen LogP contribution in [-0.4, -0.2) is 20.6 Å². The summed E-state index contributed by atoms with van der Waals surface area (Å²) in [4.78, 5) is 23.0. The van der Waals surface area contributed by atoms with Gasteiger partial charge in [0.15, 0.2) is 5.82 Å². The van der Waals surface area contributed by atoms with Crippen molar-refractivity contribution in [3.05, 3.63) is 116 Å². The minimum atomic E-state index is -0.473. The van der Waals surface area contributed by atoms with Crippen molar-refractivity contribution >= 4 is 40.6 Å². The number of aromatic nitrogens is 2. The van der Waals surface area contributed by atoms with Crippen LogP contribution in [0.1, 0.15) is 21.5 Å². The fourth-order valence-electron chi connectivity index (χ4n) is 3.15. The number of halogens is 2. The number of nitro groups is 1. The lowest BCUT2D eigenvalue weighted by atomic mass is 10.1. The first kappa shape index (κ1) is 23.3. The van der Waals surface area contributed by atoms with E-state index in [0.717, 1.165) is 11.1 Å². The second kappa shape index (κ2) is 10.4. The number of ether oxygens (including phenoxy) is 1. The van der Waals surface area contributed by atoms with Gasteiger partial charge in [-0.15, -0.1) is 0 Å². The summed E-state index contributed by atoms with van der Waals surface area (Å²) < 4.78 is 7.30. The van der Waals surface area contributed by atoms with E-state index >= 15 is 0 Å². The van der Waals surface area contributed by atoms with E-state index in [-0.39, 0.29) is 24.0 Å². The molecule has 0 aliphatic carbocycles. The van der Waals surface area contributed by atoms with E-state index in [1.165, 1.54) is 24.3 Å². The Balaban J connectivity index is 1.38. The van der Waals surface area contributed by atoms with Gasteiger partial charge in [-0.25, -0.2) is 0 Å². The van der Waals surface area contributed by atoms with Gasteiger partial charge in [0.05, 0.1) is 11.5 Å². The third kappa shape index (κ3) is 5.92. The SMILES string of the molecule is O=C(Nc1nn(Cc2ccc(Cl)cc2)cc1Cl)c1cccc(COc2ccc([N+](=O)[O-])cc2)c1. The Bertz CT molecular complexity index is 1320. The van der Waals surface area contributed by atoms with Crippen LogP contribution in [0.15, 0.2) is 79.0 Å². The first-order valence-electron chi connectivity index (χ1n) is 10.1. The molecule has 0 radical (unpaired) electrons. The molecule has 0 spiro atoms. The van der Waals surface area contributed by atoms with Gasteiger partial charge in [0, 0.05) is 28.9 Å². The Kier molecular flexibility index (Phi) is 7.10. The Morgan fingerprint density at radius 2 is 1.76 bits per heavy atom. The van der Waals surface area contributed by atoms with Crippen molar-refractivity contribution in [1.29, 1.82) is 0 Å². The number of non-ortho nitro benzene ring substituents is 1. The number of nitrogens with zero attached hydrogens (tertiary/aromatic N) is 3. The van der Waals surface area contributed by atoms with Crippen LogP contribution in [-0.2, 0) is 13.2 Å². The number of amides is 1. The molecule has 10 heteroatoms. The predicted molar refractivity (Wildman–Crippen MR) is 130 cm³/mol. The molecule has 0 atom stereocenters. The van der Waals surface area contributed by atoms with Crippen molar-refractivity contribution in [2.24, 2.45) is 0 Å². The Morgan fingerprint density at radius 1 is 1.03 bits per heavy atom. The van der Waals surface area contributed by atoms with Crippen molar-refractivity contribution < 1.29 is 14.5 Å². The highest BCUT2D eigenvalue weighted by Gasteiger charge is 2.13. The van der Waals surface area contributed by atoms with Crippen molar-refractivity contribution in [3.8, 4) is 5.75 Å². The van der Waals surface area contributed by atoms with E-state index in [0.29, 0.717) is 27.9 Å². The van der Waals surface area contributed by atoms with Crippen LogP contribution in [0.4, 0.5) is 11.5 Å². The minimum absolute atomic E-state index is 0.0136. The largest absolute Gasteiger partial charge is 0.489 e. The van der Waals surface area contributed by atoms with E-state index in [1.54, 1.807) is 41.2 Å². The Hall–Kier alpha value is -3.88. The molecule has 3 aromatic carbocycles. The van der Waals surface area contributed by atoms with Gasteiger partial charge in [-0.3, -0.25) is 19.6 Å². The Morgan fingerprint density at radius 3 is 2.47 bits per heavy atom. The van der Waals surface area contributed by atoms with Gasteiger partial charge >= 0.3 is 0 Å². The molecule has 1 N–H and O–H groups in total. The lowest BCUT2D eigenvalue weighted by Gasteiger charge is -2.08. The maximum absolute atomic E-state index is 12.8. The molecular weight excluding hydrogens is 479 g/mol.